The molecule has 9 nitrogen and oxygen atoms in total. The maximum Gasteiger partial charge on any atom is 0.287 e. The number of hydrogen-bond donors (Lipinski definition) is 2. The second-order valence-electron chi connectivity index (χ2n) is 7.96. The summed E-state index contributed by atoms with van der Waals surface area (Å²) in [6, 6.07) is 21.3. The second-order valence-corrected chi connectivity index (χ2v) is 7.96. The summed E-state index contributed by atoms with van der Waals surface area (Å²) in [5.41, 5.74) is 1.06. The molecule has 190 valence electrons. The van der Waals surface area contributed by atoms with Crippen molar-refractivity contribution in [1.82, 2.24) is 10.6 Å². The Bertz CT molecular complexity index is 1290. The predicted molar refractivity (Wildman–Crippen MR) is 136 cm³/mol. The molecule has 0 saturated carbocycles. The van der Waals surface area contributed by atoms with E-state index in [0.29, 0.717) is 29.4 Å². The number of carbonyl (C=O) groups excluding carboxylic acids is 3. The van der Waals surface area contributed by atoms with Crippen molar-refractivity contribution in [2.24, 2.45) is 0 Å². The number of nitrogens with one attached hydrogen (secondary N) is 2. The van der Waals surface area contributed by atoms with Crippen LogP contribution < -0.4 is 20.3 Å². The zero-order chi connectivity index (χ0) is 26.0. The van der Waals surface area contributed by atoms with Gasteiger partial charge in [-0.1, -0.05) is 30.3 Å². The molecular formula is C28H27N3O6. The van der Waals surface area contributed by atoms with E-state index in [1.54, 1.807) is 66.7 Å². The number of benzene rings is 2. The van der Waals surface area contributed by atoms with Gasteiger partial charge in [0.25, 0.3) is 5.91 Å². The Morgan fingerprint density at radius 1 is 0.865 bits per heavy atom. The number of nitrogens with zero attached hydrogens (tertiary/aromatic N) is 1. The van der Waals surface area contributed by atoms with E-state index in [1.165, 1.54) is 23.5 Å². The van der Waals surface area contributed by atoms with E-state index in [-0.39, 0.29) is 18.8 Å². The van der Waals surface area contributed by atoms with Crippen LogP contribution in [0.3, 0.4) is 0 Å². The van der Waals surface area contributed by atoms with Gasteiger partial charge in [-0.2, -0.15) is 0 Å². The second kappa shape index (κ2) is 12.3. The zero-order valence-corrected chi connectivity index (χ0v) is 20.3. The SMILES string of the molecule is CCOc1ccc(N(C(=O)CNC(=O)c2ccco2)[C@@H](C(=O)NCc2ccco2)c2ccccc2)cc1. The Kier molecular flexibility index (Phi) is 8.38. The van der Waals surface area contributed by atoms with Crippen LogP contribution in [0.5, 0.6) is 5.75 Å². The van der Waals surface area contributed by atoms with Crippen LogP contribution >= 0.6 is 0 Å². The van der Waals surface area contributed by atoms with Gasteiger partial charge in [0, 0.05) is 5.69 Å². The quantitative estimate of drug-likeness (QED) is 0.320. The van der Waals surface area contributed by atoms with E-state index in [4.69, 9.17) is 13.6 Å². The number of furan rings is 2. The van der Waals surface area contributed by atoms with Crippen LogP contribution in [0.1, 0.15) is 34.8 Å². The molecule has 2 aromatic heterocycles. The summed E-state index contributed by atoms with van der Waals surface area (Å²) in [6.07, 6.45) is 2.89. The van der Waals surface area contributed by atoms with Crippen molar-refractivity contribution in [3.05, 3.63) is 108 Å². The van der Waals surface area contributed by atoms with Crippen LogP contribution in [0, 0.1) is 0 Å². The number of carbonyl (C=O) groups is 3. The van der Waals surface area contributed by atoms with Gasteiger partial charge < -0.3 is 24.2 Å². The minimum Gasteiger partial charge on any atom is -0.494 e. The Hall–Kier alpha value is -4.79. The molecule has 0 radical (unpaired) electrons. The average molecular weight is 502 g/mol. The van der Waals surface area contributed by atoms with Crippen LogP contribution in [0.15, 0.2) is 100 Å². The Morgan fingerprint density at radius 3 is 2.24 bits per heavy atom. The summed E-state index contributed by atoms with van der Waals surface area (Å²) < 4.78 is 16.0. The fourth-order valence-corrected chi connectivity index (χ4v) is 3.78. The van der Waals surface area contributed by atoms with Gasteiger partial charge in [-0.25, -0.2) is 0 Å². The molecule has 0 saturated heterocycles. The minimum atomic E-state index is -1.03. The standard InChI is InChI=1S/C28H27N3O6/c1-2-35-22-14-12-21(13-15-22)31(25(32)19-30-27(33)24-11-7-17-37-24)26(20-8-4-3-5-9-20)28(34)29-18-23-10-6-16-36-23/h3-17,26H,2,18-19H2,1H3,(H,29,34)(H,30,33)/t26-/m1/s1. The van der Waals surface area contributed by atoms with Crippen molar-refractivity contribution >= 4 is 23.4 Å². The van der Waals surface area contributed by atoms with Crippen LogP contribution in [0.2, 0.25) is 0 Å². The number of ether oxygens (including phenoxy) is 1. The smallest absolute Gasteiger partial charge is 0.287 e. The van der Waals surface area contributed by atoms with Gasteiger partial charge in [-0.15, -0.1) is 0 Å². The highest BCUT2D eigenvalue weighted by Gasteiger charge is 2.33. The van der Waals surface area contributed by atoms with Crippen molar-refractivity contribution in [2.75, 3.05) is 18.1 Å². The molecule has 2 aromatic carbocycles. The first kappa shape index (κ1) is 25.3. The van der Waals surface area contributed by atoms with E-state index >= 15 is 0 Å². The third-order valence-corrected chi connectivity index (χ3v) is 5.48. The normalized spacial score (nSPS) is 11.4. The van der Waals surface area contributed by atoms with Gasteiger partial charge in [-0.3, -0.25) is 19.3 Å². The molecule has 0 bridgehead atoms. The lowest BCUT2D eigenvalue weighted by atomic mass is 10.0. The van der Waals surface area contributed by atoms with Crippen LogP contribution in [0.4, 0.5) is 5.69 Å². The van der Waals surface area contributed by atoms with E-state index in [2.05, 4.69) is 10.6 Å². The molecule has 4 rings (SSSR count). The van der Waals surface area contributed by atoms with Gasteiger partial charge in [0.1, 0.15) is 17.6 Å². The monoisotopic (exact) mass is 501 g/mol. The Morgan fingerprint density at radius 2 is 1.59 bits per heavy atom. The molecule has 0 aliphatic rings. The van der Waals surface area contributed by atoms with Crippen molar-refractivity contribution in [2.45, 2.75) is 19.5 Å². The summed E-state index contributed by atoms with van der Waals surface area (Å²) >= 11 is 0. The molecule has 0 unspecified atom stereocenters. The molecular weight excluding hydrogens is 474 g/mol. The van der Waals surface area contributed by atoms with Crippen LogP contribution in [-0.4, -0.2) is 30.9 Å². The van der Waals surface area contributed by atoms with Crippen molar-refractivity contribution in [1.29, 1.82) is 0 Å². The van der Waals surface area contributed by atoms with Gasteiger partial charge in [-0.05, 0) is 61.0 Å². The molecule has 0 fully saturated rings. The highest BCUT2D eigenvalue weighted by molar-refractivity contribution is 6.04. The van der Waals surface area contributed by atoms with Gasteiger partial charge in [0.2, 0.25) is 11.8 Å². The van der Waals surface area contributed by atoms with E-state index in [9.17, 15) is 14.4 Å². The van der Waals surface area contributed by atoms with Crippen molar-refractivity contribution in [3.8, 4) is 5.75 Å². The lowest BCUT2D eigenvalue weighted by molar-refractivity contribution is -0.126. The molecule has 37 heavy (non-hydrogen) atoms. The maximum atomic E-state index is 13.6. The molecule has 2 heterocycles. The van der Waals surface area contributed by atoms with Gasteiger partial charge >= 0.3 is 0 Å². The summed E-state index contributed by atoms with van der Waals surface area (Å²) in [4.78, 5) is 41.0. The molecule has 1 atom stereocenters. The molecule has 3 amide bonds. The fraction of sp³-hybridized carbons (Fsp3) is 0.179. The first-order valence-corrected chi connectivity index (χ1v) is 11.8. The van der Waals surface area contributed by atoms with E-state index in [0.717, 1.165) is 0 Å². The largest absolute Gasteiger partial charge is 0.494 e. The van der Waals surface area contributed by atoms with Gasteiger partial charge in [0.05, 0.1) is 32.2 Å². The first-order valence-electron chi connectivity index (χ1n) is 11.8. The zero-order valence-electron chi connectivity index (χ0n) is 20.3. The summed E-state index contributed by atoms with van der Waals surface area (Å²) in [5, 5.41) is 5.43. The highest BCUT2D eigenvalue weighted by atomic mass is 16.5. The number of rotatable bonds is 11. The number of anilines is 1. The maximum absolute atomic E-state index is 13.6. The lowest BCUT2D eigenvalue weighted by Crippen LogP contribution is -2.47. The Balaban J connectivity index is 1.66. The third kappa shape index (κ3) is 6.46. The topological polar surface area (TPSA) is 114 Å². The van der Waals surface area contributed by atoms with E-state index in [1.807, 2.05) is 13.0 Å². The van der Waals surface area contributed by atoms with Crippen LogP contribution in [-0.2, 0) is 16.1 Å². The van der Waals surface area contributed by atoms with Crippen molar-refractivity contribution in [3.63, 3.8) is 0 Å². The van der Waals surface area contributed by atoms with Crippen LogP contribution in [0.25, 0.3) is 0 Å². The Labute approximate surface area is 214 Å². The fourth-order valence-electron chi connectivity index (χ4n) is 3.78. The molecule has 0 aliphatic carbocycles. The third-order valence-electron chi connectivity index (χ3n) is 5.48. The molecule has 0 aliphatic heterocycles. The average Bonchev–Trinajstić information content (AvgIpc) is 3.65. The summed E-state index contributed by atoms with van der Waals surface area (Å²) in [7, 11) is 0. The summed E-state index contributed by atoms with van der Waals surface area (Å²) in [5.74, 6) is -0.166. The molecule has 0 spiro atoms. The van der Waals surface area contributed by atoms with Gasteiger partial charge in [0.15, 0.2) is 5.76 Å². The first-order chi connectivity index (χ1) is 18.1. The molecule has 4 aromatic rings. The highest BCUT2D eigenvalue weighted by Crippen LogP contribution is 2.29. The molecule has 2 N–H and O–H groups in total. The van der Waals surface area contributed by atoms with Crippen molar-refractivity contribution < 1.29 is 28.0 Å². The molecule has 9 heteroatoms. The van der Waals surface area contributed by atoms with E-state index < -0.39 is 23.8 Å². The predicted octanol–water partition coefficient (Wildman–Crippen LogP) is 4.09. The number of amides is 3. The lowest BCUT2D eigenvalue weighted by Gasteiger charge is -2.31. The minimum absolute atomic E-state index is 0.0798. The summed E-state index contributed by atoms with van der Waals surface area (Å²) in [6.45, 7) is 2.15. The number of hydrogen-bond acceptors (Lipinski definition) is 6.